The predicted octanol–water partition coefficient (Wildman–Crippen LogP) is 5.38. The molecule has 0 saturated carbocycles. The maximum absolute atomic E-state index is 11.8. The van der Waals surface area contributed by atoms with Crippen molar-refractivity contribution in [1.29, 1.82) is 0 Å². The van der Waals surface area contributed by atoms with E-state index in [0.717, 1.165) is 21.3 Å². The summed E-state index contributed by atoms with van der Waals surface area (Å²) in [4.78, 5) is 11.8. The van der Waals surface area contributed by atoms with Crippen LogP contribution in [0.1, 0.15) is 31.9 Å². The van der Waals surface area contributed by atoms with Crippen molar-refractivity contribution >= 4 is 28.0 Å². The molecule has 0 spiro atoms. The number of ether oxygens (including phenoxy) is 2. The van der Waals surface area contributed by atoms with Gasteiger partial charge in [-0.15, -0.1) is 0 Å². The molecule has 0 heterocycles. The van der Waals surface area contributed by atoms with E-state index in [1.165, 1.54) is 6.08 Å². The normalized spacial score (nSPS) is 11.5. The van der Waals surface area contributed by atoms with Gasteiger partial charge in [-0.3, -0.25) is 0 Å². The van der Waals surface area contributed by atoms with Gasteiger partial charge in [0.25, 0.3) is 0 Å². The quantitative estimate of drug-likeness (QED) is 0.509. The fourth-order valence-electron chi connectivity index (χ4n) is 2.03. The molecule has 0 aliphatic heterocycles. The smallest absolute Gasteiger partial charge is 0.331 e. The van der Waals surface area contributed by atoms with Gasteiger partial charge < -0.3 is 9.47 Å². The number of benzene rings is 2. The minimum absolute atomic E-state index is 0.371. The zero-order valence-electron chi connectivity index (χ0n) is 14.1. The highest BCUT2D eigenvalue weighted by Crippen LogP contribution is 2.22. The molecule has 24 heavy (non-hydrogen) atoms. The summed E-state index contributed by atoms with van der Waals surface area (Å²) >= 11 is 3.45. The largest absolute Gasteiger partial charge is 0.488 e. The number of carbonyl (C=O) groups is 1. The number of esters is 1. The van der Waals surface area contributed by atoms with Crippen molar-refractivity contribution in [3.8, 4) is 5.75 Å². The third-order valence-corrected chi connectivity index (χ3v) is 3.50. The molecular weight excluding hydrogens is 368 g/mol. The van der Waals surface area contributed by atoms with E-state index in [1.807, 2.05) is 69.3 Å². The summed E-state index contributed by atoms with van der Waals surface area (Å²) in [6, 6.07) is 15.5. The Morgan fingerprint density at radius 3 is 2.58 bits per heavy atom. The van der Waals surface area contributed by atoms with Crippen molar-refractivity contribution in [2.75, 3.05) is 0 Å². The average molecular weight is 389 g/mol. The molecule has 0 aromatic heterocycles. The highest BCUT2D eigenvalue weighted by atomic mass is 79.9. The Kier molecular flexibility index (Phi) is 6.21. The van der Waals surface area contributed by atoms with Crippen LogP contribution in [0.25, 0.3) is 6.08 Å². The van der Waals surface area contributed by atoms with E-state index in [-0.39, 0.29) is 5.97 Å². The second-order valence-electron chi connectivity index (χ2n) is 6.32. The van der Waals surface area contributed by atoms with E-state index in [2.05, 4.69) is 15.9 Å². The molecule has 0 unspecified atom stereocenters. The van der Waals surface area contributed by atoms with Crippen molar-refractivity contribution in [2.45, 2.75) is 33.0 Å². The van der Waals surface area contributed by atoms with E-state index in [1.54, 1.807) is 6.08 Å². The summed E-state index contributed by atoms with van der Waals surface area (Å²) in [5, 5.41) is 0. The summed E-state index contributed by atoms with van der Waals surface area (Å²) in [7, 11) is 0. The van der Waals surface area contributed by atoms with Crippen LogP contribution in [0.4, 0.5) is 0 Å². The Morgan fingerprint density at radius 1 is 1.12 bits per heavy atom. The molecule has 4 heteroatoms. The van der Waals surface area contributed by atoms with Crippen molar-refractivity contribution in [1.82, 2.24) is 0 Å². The first-order valence-electron chi connectivity index (χ1n) is 7.71. The molecule has 2 rings (SSSR count). The number of hydrogen-bond donors (Lipinski definition) is 0. The zero-order valence-corrected chi connectivity index (χ0v) is 15.7. The SMILES string of the molecule is CC(C)(C)OC(=O)/C=C/c1ccccc1OCc1cccc(Br)c1. The van der Waals surface area contributed by atoms with Crippen molar-refractivity contribution < 1.29 is 14.3 Å². The van der Waals surface area contributed by atoms with Crippen LogP contribution in [-0.2, 0) is 16.1 Å². The predicted molar refractivity (Wildman–Crippen MR) is 99.8 cm³/mol. The van der Waals surface area contributed by atoms with Crippen LogP contribution in [-0.4, -0.2) is 11.6 Å². The maximum Gasteiger partial charge on any atom is 0.331 e. The fraction of sp³-hybridized carbons (Fsp3) is 0.250. The topological polar surface area (TPSA) is 35.5 Å². The van der Waals surface area contributed by atoms with Crippen LogP contribution in [0.5, 0.6) is 5.75 Å². The highest BCUT2D eigenvalue weighted by Gasteiger charge is 2.14. The summed E-state index contributed by atoms with van der Waals surface area (Å²) in [5.41, 5.74) is 1.40. The van der Waals surface area contributed by atoms with E-state index in [9.17, 15) is 4.79 Å². The van der Waals surface area contributed by atoms with Gasteiger partial charge in [-0.05, 0) is 50.6 Å². The molecule has 0 aliphatic rings. The zero-order chi connectivity index (χ0) is 17.6. The summed E-state index contributed by atoms with van der Waals surface area (Å²) < 4.78 is 12.2. The average Bonchev–Trinajstić information content (AvgIpc) is 2.50. The van der Waals surface area contributed by atoms with Gasteiger partial charge in [0.2, 0.25) is 0 Å². The molecule has 126 valence electrons. The monoisotopic (exact) mass is 388 g/mol. The van der Waals surface area contributed by atoms with E-state index < -0.39 is 5.60 Å². The first-order valence-corrected chi connectivity index (χ1v) is 8.50. The van der Waals surface area contributed by atoms with Gasteiger partial charge >= 0.3 is 5.97 Å². The highest BCUT2D eigenvalue weighted by molar-refractivity contribution is 9.10. The fourth-order valence-corrected chi connectivity index (χ4v) is 2.48. The van der Waals surface area contributed by atoms with Crippen LogP contribution >= 0.6 is 15.9 Å². The van der Waals surface area contributed by atoms with Gasteiger partial charge in [0.05, 0.1) is 0 Å². The number of hydrogen-bond acceptors (Lipinski definition) is 3. The summed E-state index contributed by atoms with van der Waals surface area (Å²) in [6.07, 6.45) is 3.14. The lowest BCUT2D eigenvalue weighted by Crippen LogP contribution is -2.22. The molecule has 0 bridgehead atoms. The van der Waals surface area contributed by atoms with Gasteiger partial charge in [0.15, 0.2) is 0 Å². The van der Waals surface area contributed by atoms with Crippen LogP contribution < -0.4 is 4.74 Å². The first kappa shape index (κ1) is 18.3. The Hall–Kier alpha value is -2.07. The Labute approximate surface area is 151 Å². The van der Waals surface area contributed by atoms with Gasteiger partial charge in [0.1, 0.15) is 18.0 Å². The van der Waals surface area contributed by atoms with Gasteiger partial charge in [0, 0.05) is 16.1 Å². The van der Waals surface area contributed by atoms with E-state index in [0.29, 0.717) is 6.61 Å². The second-order valence-corrected chi connectivity index (χ2v) is 7.24. The van der Waals surface area contributed by atoms with Crippen molar-refractivity contribution in [2.24, 2.45) is 0 Å². The summed E-state index contributed by atoms with van der Waals surface area (Å²) in [5.74, 6) is 0.349. The molecule has 0 aliphatic carbocycles. The van der Waals surface area contributed by atoms with Gasteiger partial charge in [-0.25, -0.2) is 4.79 Å². The molecular formula is C20H21BrO3. The van der Waals surface area contributed by atoms with E-state index in [4.69, 9.17) is 9.47 Å². The standard InChI is InChI=1S/C20H21BrO3/c1-20(2,3)24-19(22)12-11-16-8-4-5-10-18(16)23-14-15-7-6-9-17(21)13-15/h4-13H,14H2,1-3H3/b12-11+. The molecule has 2 aromatic carbocycles. The summed E-state index contributed by atoms with van der Waals surface area (Å²) in [6.45, 7) is 5.98. The number of halogens is 1. The van der Waals surface area contributed by atoms with Crippen molar-refractivity contribution in [3.63, 3.8) is 0 Å². The molecule has 0 saturated heterocycles. The minimum Gasteiger partial charge on any atom is -0.488 e. The Morgan fingerprint density at radius 2 is 1.88 bits per heavy atom. The third kappa shape index (κ3) is 6.20. The molecule has 0 fully saturated rings. The molecule has 0 N–H and O–H groups in total. The molecule has 0 atom stereocenters. The van der Waals surface area contributed by atoms with Gasteiger partial charge in [-0.2, -0.15) is 0 Å². The van der Waals surface area contributed by atoms with Crippen LogP contribution in [0.2, 0.25) is 0 Å². The van der Waals surface area contributed by atoms with E-state index >= 15 is 0 Å². The number of rotatable bonds is 5. The maximum atomic E-state index is 11.8. The van der Waals surface area contributed by atoms with Crippen molar-refractivity contribution in [3.05, 3.63) is 70.2 Å². The Bertz CT molecular complexity index is 730. The first-order chi connectivity index (χ1) is 11.3. The van der Waals surface area contributed by atoms with Gasteiger partial charge in [-0.1, -0.05) is 46.3 Å². The molecule has 0 amide bonds. The van der Waals surface area contributed by atoms with Crippen LogP contribution in [0, 0.1) is 0 Å². The van der Waals surface area contributed by atoms with Crippen LogP contribution in [0.15, 0.2) is 59.1 Å². The lowest BCUT2D eigenvalue weighted by molar-refractivity contribution is -0.148. The van der Waals surface area contributed by atoms with Crippen LogP contribution in [0.3, 0.4) is 0 Å². The lowest BCUT2D eigenvalue weighted by atomic mass is 10.1. The number of carbonyl (C=O) groups excluding carboxylic acids is 1. The molecule has 2 aromatic rings. The second kappa shape index (κ2) is 8.15. The lowest BCUT2D eigenvalue weighted by Gasteiger charge is -2.18. The molecule has 3 nitrogen and oxygen atoms in total. The number of para-hydroxylation sites is 1. The third-order valence-electron chi connectivity index (χ3n) is 3.01. The minimum atomic E-state index is -0.502. The Balaban J connectivity index is 2.06. The molecule has 0 radical (unpaired) electrons.